The van der Waals surface area contributed by atoms with Crippen molar-refractivity contribution in [3.63, 3.8) is 0 Å². The molecular formula is C14H27NO4. The molecule has 0 saturated carbocycles. The van der Waals surface area contributed by atoms with Gasteiger partial charge < -0.3 is 19.5 Å². The molecule has 0 bridgehead atoms. The molecule has 0 aromatic rings. The van der Waals surface area contributed by atoms with Crippen LogP contribution in [0.15, 0.2) is 0 Å². The van der Waals surface area contributed by atoms with Gasteiger partial charge in [0.2, 0.25) is 0 Å². The first kappa shape index (κ1) is 16.2. The molecule has 1 rings (SSSR count). The van der Waals surface area contributed by atoms with E-state index in [0.717, 1.165) is 0 Å². The average Bonchev–Trinajstić information content (AvgIpc) is 2.08. The zero-order chi connectivity index (χ0) is 14.9. The third-order valence-electron chi connectivity index (χ3n) is 2.72. The van der Waals surface area contributed by atoms with Crippen LogP contribution in [0.25, 0.3) is 0 Å². The van der Waals surface area contributed by atoms with E-state index in [1.54, 1.807) is 0 Å². The van der Waals surface area contributed by atoms with Gasteiger partial charge in [0.15, 0.2) is 0 Å². The Bertz CT molecular complexity index is 321. The highest BCUT2D eigenvalue weighted by molar-refractivity contribution is 5.69. The molecule has 5 heteroatoms. The molecule has 5 nitrogen and oxygen atoms in total. The van der Waals surface area contributed by atoms with E-state index < -0.39 is 11.2 Å². The van der Waals surface area contributed by atoms with Gasteiger partial charge in [0, 0.05) is 6.42 Å². The molecule has 1 N–H and O–H groups in total. The highest BCUT2D eigenvalue weighted by Crippen LogP contribution is 2.27. The molecule has 1 amide bonds. The van der Waals surface area contributed by atoms with Gasteiger partial charge in [-0.15, -0.1) is 0 Å². The summed E-state index contributed by atoms with van der Waals surface area (Å²) in [6.45, 7) is 12.5. The van der Waals surface area contributed by atoms with E-state index in [0.29, 0.717) is 26.1 Å². The maximum absolute atomic E-state index is 11.7. The van der Waals surface area contributed by atoms with Crippen molar-refractivity contribution in [3.05, 3.63) is 0 Å². The van der Waals surface area contributed by atoms with Gasteiger partial charge in [0.05, 0.1) is 25.3 Å². The molecule has 1 heterocycles. The fourth-order valence-corrected chi connectivity index (χ4v) is 1.83. The molecule has 0 aromatic heterocycles. The summed E-state index contributed by atoms with van der Waals surface area (Å²) in [6.07, 6.45) is 0.165. The van der Waals surface area contributed by atoms with E-state index in [-0.39, 0.29) is 11.7 Å². The van der Waals surface area contributed by atoms with Gasteiger partial charge in [0.1, 0.15) is 11.2 Å². The van der Waals surface area contributed by atoms with Gasteiger partial charge in [-0.3, -0.25) is 0 Å². The lowest BCUT2D eigenvalue weighted by molar-refractivity contribution is -0.121. The number of rotatable bonds is 3. The van der Waals surface area contributed by atoms with E-state index in [1.807, 2.05) is 41.5 Å². The van der Waals surface area contributed by atoms with Gasteiger partial charge in [-0.2, -0.15) is 0 Å². The third kappa shape index (κ3) is 5.78. The fraction of sp³-hybridized carbons (Fsp3) is 0.929. The molecule has 0 unspecified atom stereocenters. The smallest absolute Gasteiger partial charge is 0.410 e. The zero-order valence-electron chi connectivity index (χ0n) is 12.9. The monoisotopic (exact) mass is 273 g/mol. The minimum atomic E-state index is -0.831. The summed E-state index contributed by atoms with van der Waals surface area (Å²) in [5.41, 5.74) is -1.53. The van der Waals surface area contributed by atoms with E-state index in [2.05, 4.69) is 0 Å². The lowest BCUT2D eigenvalue weighted by Gasteiger charge is -2.46. The Morgan fingerprint density at radius 3 is 2.11 bits per heavy atom. The Labute approximate surface area is 115 Å². The van der Waals surface area contributed by atoms with Crippen molar-refractivity contribution in [1.29, 1.82) is 0 Å². The minimum absolute atomic E-state index is 0.203. The van der Waals surface area contributed by atoms with Crippen molar-refractivity contribution in [2.24, 2.45) is 0 Å². The molecule has 19 heavy (non-hydrogen) atoms. The molecule has 0 spiro atoms. The maximum Gasteiger partial charge on any atom is 0.410 e. The molecule has 1 aliphatic rings. The van der Waals surface area contributed by atoms with Crippen LogP contribution in [0.3, 0.4) is 0 Å². The summed E-state index contributed by atoms with van der Waals surface area (Å²) in [4.78, 5) is 13.2. The fourth-order valence-electron chi connectivity index (χ4n) is 1.83. The first-order valence-corrected chi connectivity index (χ1v) is 6.75. The molecule has 1 saturated heterocycles. The normalized spacial score (nSPS) is 19.0. The molecule has 0 aliphatic carbocycles. The number of carbonyl (C=O) groups excluding carboxylic acids is 1. The van der Waals surface area contributed by atoms with Crippen LogP contribution in [0.2, 0.25) is 0 Å². The summed E-state index contributed by atoms with van der Waals surface area (Å²) in [6, 6.07) is 0. The van der Waals surface area contributed by atoms with E-state index in [9.17, 15) is 9.90 Å². The number of β-amino-alcohol motifs (C(OH)–C–C–N with tert-alkyl or cyclic N) is 1. The van der Waals surface area contributed by atoms with Crippen LogP contribution in [-0.2, 0) is 9.47 Å². The second-order valence-corrected chi connectivity index (χ2v) is 7.27. The Morgan fingerprint density at radius 2 is 1.68 bits per heavy atom. The molecule has 1 fully saturated rings. The highest BCUT2D eigenvalue weighted by atomic mass is 16.6. The van der Waals surface area contributed by atoms with Crippen LogP contribution in [0, 0.1) is 0 Å². The molecule has 1 aliphatic heterocycles. The van der Waals surface area contributed by atoms with Crippen LogP contribution in [0.4, 0.5) is 4.79 Å². The van der Waals surface area contributed by atoms with Gasteiger partial charge in [-0.25, -0.2) is 4.79 Å². The Balaban J connectivity index is 2.29. The van der Waals surface area contributed by atoms with Crippen LogP contribution < -0.4 is 0 Å². The van der Waals surface area contributed by atoms with E-state index >= 15 is 0 Å². The average molecular weight is 273 g/mol. The van der Waals surface area contributed by atoms with Crippen LogP contribution in [-0.4, -0.2) is 52.6 Å². The minimum Gasteiger partial charge on any atom is -0.444 e. The first-order chi connectivity index (χ1) is 8.40. The number of hydrogen-bond acceptors (Lipinski definition) is 4. The largest absolute Gasteiger partial charge is 0.444 e. The maximum atomic E-state index is 11.7. The molecule has 112 valence electrons. The molecule has 0 atom stereocenters. The summed E-state index contributed by atoms with van der Waals surface area (Å²) < 4.78 is 10.8. The van der Waals surface area contributed by atoms with Crippen LogP contribution in [0.5, 0.6) is 0 Å². The number of likely N-dealkylation sites (tertiary alicyclic amines) is 1. The zero-order valence-corrected chi connectivity index (χ0v) is 12.9. The number of nitrogens with zero attached hydrogens (tertiary/aromatic N) is 1. The van der Waals surface area contributed by atoms with E-state index in [4.69, 9.17) is 9.47 Å². The summed E-state index contributed by atoms with van der Waals surface area (Å²) in [5.74, 6) is 0. The molecule has 0 aromatic carbocycles. The number of amides is 1. The van der Waals surface area contributed by atoms with E-state index in [1.165, 1.54) is 4.90 Å². The third-order valence-corrected chi connectivity index (χ3v) is 2.72. The highest BCUT2D eigenvalue weighted by Gasteiger charge is 2.44. The van der Waals surface area contributed by atoms with Crippen molar-refractivity contribution >= 4 is 6.09 Å². The van der Waals surface area contributed by atoms with Crippen molar-refractivity contribution < 1.29 is 19.4 Å². The van der Waals surface area contributed by atoms with Crippen molar-refractivity contribution in [2.45, 2.75) is 64.8 Å². The standard InChI is InChI=1S/C14H27NO4/c1-12(2,3)18-8-7-14(17)9-15(10-14)11(16)19-13(4,5)6/h17H,7-10H2,1-6H3. The van der Waals surface area contributed by atoms with Gasteiger partial charge in [0.25, 0.3) is 0 Å². The quantitative estimate of drug-likeness (QED) is 0.856. The van der Waals surface area contributed by atoms with Crippen molar-refractivity contribution in [3.8, 4) is 0 Å². The lowest BCUT2D eigenvalue weighted by Crippen LogP contribution is -2.64. The summed E-state index contributed by atoms with van der Waals surface area (Å²) in [5, 5.41) is 10.2. The predicted octanol–water partition coefficient (Wildman–Crippen LogP) is 2.17. The Hall–Kier alpha value is -0.810. The second kappa shape index (κ2) is 5.29. The van der Waals surface area contributed by atoms with Gasteiger partial charge in [-0.05, 0) is 41.5 Å². The SMILES string of the molecule is CC(C)(C)OCCC1(O)CN(C(=O)OC(C)(C)C)C1. The second-order valence-electron chi connectivity index (χ2n) is 7.27. The summed E-state index contributed by atoms with van der Waals surface area (Å²) in [7, 11) is 0. The molecular weight excluding hydrogens is 246 g/mol. The van der Waals surface area contributed by atoms with Gasteiger partial charge >= 0.3 is 6.09 Å². The molecule has 0 radical (unpaired) electrons. The number of hydrogen-bond donors (Lipinski definition) is 1. The number of carbonyl (C=O) groups is 1. The number of ether oxygens (including phenoxy) is 2. The Morgan fingerprint density at radius 1 is 1.16 bits per heavy atom. The lowest BCUT2D eigenvalue weighted by atomic mass is 9.91. The Kier molecular flexibility index (Phi) is 4.52. The first-order valence-electron chi connectivity index (χ1n) is 6.75. The topological polar surface area (TPSA) is 59.0 Å². The summed E-state index contributed by atoms with van der Waals surface area (Å²) >= 11 is 0. The number of aliphatic hydroxyl groups is 1. The van der Waals surface area contributed by atoms with Crippen LogP contribution in [0.1, 0.15) is 48.0 Å². The van der Waals surface area contributed by atoms with Crippen LogP contribution >= 0.6 is 0 Å². The predicted molar refractivity (Wildman–Crippen MR) is 73.1 cm³/mol. The van der Waals surface area contributed by atoms with Gasteiger partial charge in [-0.1, -0.05) is 0 Å². The van der Waals surface area contributed by atoms with Crippen molar-refractivity contribution in [1.82, 2.24) is 4.90 Å². The van der Waals surface area contributed by atoms with Crippen molar-refractivity contribution in [2.75, 3.05) is 19.7 Å².